The molecule has 1 aromatic heterocycles. The molecule has 1 fully saturated rings. The van der Waals surface area contributed by atoms with E-state index < -0.39 is 0 Å². The van der Waals surface area contributed by atoms with Crippen LogP contribution in [0.4, 0.5) is 0 Å². The van der Waals surface area contributed by atoms with Gasteiger partial charge in [-0.2, -0.15) is 0 Å². The molecule has 0 amide bonds. The summed E-state index contributed by atoms with van der Waals surface area (Å²) < 4.78 is 0. The molecule has 3 nitrogen and oxygen atoms in total. The first kappa shape index (κ1) is 12.5. The first-order valence-electron chi connectivity index (χ1n) is 6.79. The average Bonchev–Trinajstić information content (AvgIpc) is 2.23. The third-order valence-corrected chi connectivity index (χ3v) is 3.67. The van der Waals surface area contributed by atoms with Crippen molar-refractivity contribution in [1.82, 2.24) is 15.3 Å². The summed E-state index contributed by atoms with van der Waals surface area (Å²) in [6.07, 6.45) is 7.04. The number of hydrogen-bond acceptors (Lipinski definition) is 3. The molecule has 2 rings (SSSR count). The molecular formula is C14H23N3. The van der Waals surface area contributed by atoms with E-state index in [1.54, 1.807) is 0 Å². The molecule has 0 aromatic carbocycles. The van der Waals surface area contributed by atoms with E-state index in [0.29, 0.717) is 12.0 Å². The van der Waals surface area contributed by atoms with E-state index in [9.17, 15) is 0 Å². The van der Waals surface area contributed by atoms with E-state index in [1.165, 1.54) is 24.8 Å². The molecule has 1 aliphatic rings. The summed E-state index contributed by atoms with van der Waals surface area (Å²) in [5.74, 6) is 1.68. The largest absolute Gasteiger partial charge is 0.310 e. The third kappa shape index (κ3) is 2.83. The molecule has 0 bridgehead atoms. The standard InChI is InChI=1S/C14H23N3/c1-4-8-15-10(2)13-9-16-14(17-11(13)3)12-6-5-7-12/h9-10,12,15H,4-8H2,1-3H3. The van der Waals surface area contributed by atoms with Gasteiger partial charge in [-0.25, -0.2) is 9.97 Å². The molecule has 1 unspecified atom stereocenters. The van der Waals surface area contributed by atoms with Gasteiger partial charge in [0.15, 0.2) is 0 Å². The molecule has 1 saturated carbocycles. The molecule has 1 N–H and O–H groups in total. The summed E-state index contributed by atoms with van der Waals surface area (Å²) in [5, 5.41) is 3.49. The highest BCUT2D eigenvalue weighted by atomic mass is 14.9. The summed E-state index contributed by atoms with van der Waals surface area (Å²) in [4.78, 5) is 9.21. The van der Waals surface area contributed by atoms with E-state index in [4.69, 9.17) is 0 Å². The fraction of sp³-hybridized carbons (Fsp3) is 0.714. The van der Waals surface area contributed by atoms with Gasteiger partial charge in [0.1, 0.15) is 5.82 Å². The Morgan fingerprint density at radius 3 is 2.76 bits per heavy atom. The zero-order chi connectivity index (χ0) is 12.3. The van der Waals surface area contributed by atoms with Gasteiger partial charge in [-0.3, -0.25) is 0 Å². The van der Waals surface area contributed by atoms with E-state index in [-0.39, 0.29) is 0 Å². The Morgan fingerprint density at radius 2 is 2.24 bits per heavy atom. The van der Waals surface area contributed by atoms with Gasteiger partial charge in [0.2, 0.25) is 0 Å². The summed E-state index contributed by atoms with van der Waals surface area (Å²) >= 11 is 0. The van der Waals surface area contributed by atoms with Crippen molar-refractivity contribution in [1.29, 1.82) is 0 Å². The van der Waals surface area contributed by atoms with Gasteiger partial charge in [-0.15, -0.1) is 0 Å². The first-order chi connectivity index (χ1) is 8.22. The molecule has 0 saturated heterocycles. The molecule has 1 aromatic rings. The Kier molecular flexibility index (Phi) is 4.11. The molecule has 1 heterocycles. The van der Waals surface area contributed by atoms with Crippen LogP contribution in [0, 0.1) is 6.92 Å². The first-order valence-corrected chi connectivity index (χ1v) is 6.79. The highest BCUT2D eigenvalue weighted by Gasteiger charge is 2.23. The zero-order valence-corrected chi connectivity index (χ0v) is 11.2. The van der Waals surface area contributed by atoms with Gasteiger partial charge >= 0.3 is 0 Å². The number of aryl methyl sites for hydroxylation is 1. The van der Waals surface area contributed by atoms with Crippen LogP contribution < -0.4 is 5.32 Å². The topological polar surface area (TPSA) is 37.8 Å². The van der Waals surface area contributed by atoms with E-state index in [2.05, 4.69) is 36.1 Å². The predicted molar refractivity (Wildman–Crippen MR) is 70.1 cm³/mol. The SMILES string of the molecule is CCCNC(C)c1cnc(C2CCC2)nc1C. The van der Waals surface area contributed by atoms with Gasteiger partial charge in [0.05, 0.1) is 0 Å². The predicted octanol–water partition coefficient (Wildman–Crippen LogP) is 3.11. The Bertz CT molecular complexity index is 372. The van der Waals surface area contributed by atoms with Crippen molar-refractivity contribution in [3.05, 3.63) is 23.3 Å². The van der Waals surface area contributed by atoms with Crippen molar-refractivity contribution in [2.45, 2.75) is 58.4 Å². The number of rotatable bonds is 5. The van der Waals surface area contributed by atoms with Gasteiger partial charge in [-0.05, 0) is 39.7 Å². The Balaban J connectivity index is 2.07. The maximum absolute atomic E-state index is 4.67. The summed E-state index contributed by atoms with van der Waals surface area (Å²) in [6.45, 7) is 7.52. The highest BCUT2D eigenvalue weighted by Crippen LogP contribution is 2.34. The van der Waals surface area contributed by atoms with Crippen LogP contribution in [-0.2, 0) is 0 Å². The molecule has 1 aliphatic carbocycles. The lowest BCUT2D eigenvalue weighted by Crippen LogP contribution is -2.21. The van der Waals surface area contributed by atoms with Crippen LogP contribution >= 0.6 is 0 Å². The van der Waals surface area contributed by atoms with Crippen molar-refractivity contribution in [2.75, 3.05) is 6.54 Å². The van der Waals surface area contributed by atoms with Gasteiger partial charge in [-0.1, -0.05) is 13.3 Å². The number of aromatic nitrogens is 2. The van der Waals surface area contributed by atoms with Crippen molar-refractivity contribution >= 4 is 0 Å². The van der Waals surface area contributed by atoms with Crippen LogP contribution in [-0.4, -0.2) is 16.5 Å². The molecule has 17 heavy (non-hydrogen) atoms. The lowest BCUT2D eigenvalue weighted by atomic mass is 9.84. The minimum absolute atomic E-state index is 0.352. The number of hydrogen-bond donors (Lipinski definition) is 1. The molecule has 94 valence electrons. The van der Waals surface area contributed by atoms with Crippen LogP contribution in [0.15, 0.2) is 6.20 Å². The van der Waals surface area contributed by atoms with E-state index in [1.807, 2.05) is 6.20 Å². The fourth-order valence-electron chi connectivity index (χ4n) is 2.25. The summed E-state index contributed by atoms with van der Waals surface area (Å²) in [5.41, 5.74) is 2.37. The Hall–Kier alpha value is -0.960. The monoisotopic (exact) mass is 233 g/mol. The molecule has 0 aliphatic heterocycles. The van der Waals surface area contributed by atoms with Crippen molar-refractivity contribution in [3.8, 4) is 0 Å². The molecular weight excluding hydrogens is 210 g/mol. The van der Waals surface area contributed by atoms with Crippen molar-refractivity contribution in [2.24, 2.45) is 0 Å². The fourth-order valence-corrected chi connectivity index (χ4v) is 2.25. The second kappa shape index (κ2) is 5.58. The molecule has 0 spiro atoms. The zero-order valence-electron chi connectivity index (χ0n) is 11.2. The minimum Gasteiger partial charge on any atom is -0.310 e. The number of nitrogens with zero attached hydrogens (tertiary/aromatic N) is 2. The lowest BCUT2D eigenvalue weighted by Gasteiger charge is -2.24. The summed E-state index contributed by atoms with van der Waals surface area (Å²) in [7, 11) is 0. The van der Waals surface area contributed by atoms with E-state index >= 15 is 0 Å². The van der Waals surface area contributed by atoms with Crippen molar-refractivity contribution in [3.63, 3.8) is 0 Å². The van der Waals surface area contributed by atoms with Crippen LogP contribution in [0.2, 0.25) is 0 Å². The average molecular weight is 233 g/mol. The Morgan fingerprint density at radius 1 is 1.47 bits per heavy atom. The molecule has 1 atom stereocenters. The van der Waals surface area contributed by atoms with Crippen molar-refractivity contribution < 1.29 is 0 Å². The quantitative estimate of drug-likeness (QED) is 0.849. The maximum atomic E-state index is 4.67. The number of nitrogens with one attached hydrogen (secondary N) is 1. The minimum atomic E-state index is 0.352. The molecule has 3 heteroatoms. The smallest absolute Gasteiger partial charge is 0.131 e. The van der Waals surface area contributed by atoms with Crippen LogP contribution in [0.1, 0.15) is 68.6 Å². The second-order valence-corrected chi connectivity index (χ2v) is 5.07. The lowest BCUT2D eigenvalue weighted by molar-refractivity contribution is 0.399. The molecule has 0 radical (unpaired) electrons. The van der Waals surface area contributed by atoms with E-state index in [0.717, 1.165) is 24.5 Å². The summed E-state index contributed by atoms with van der Waals surface area (Å²) in [6, 6.07) is 0.352. The maximum Gasteiger partial charge on any atom is 0.131 e. The second-order valence-electron chi connectivity index (χ2n) is 5.07. The normalized spacial score (nSPS) is 17.8. The van der Waals surface area contributed by atoms with Crippen LogP contribution in [0.25, 0.3) is 0 Å². The highest BCUT2D eigenvalue weighted by molar-refractivity contribution is 5.21. The Labute approximate surface area is 104 Å². The van der Waals surface area contributed by atoms with Crippen LogP contribution in [0.3, 0.4) is 0 Å². The van der Waals surface area contributed by atoms with Crippen LogP contribution in [0.5, 0.6) is 0 Å². The van der Waals surface area contributed by atoms with Gasteiger partial charge in [0, 0.05) is 29.4 Å². The van der Waals surface area contributed by atoms with Gasteiger partial charge in [0.25, 0.3) is 0 Å². The van der Waals surface area contributed by atoms with Gasteiger partial charge < -0.3 is 5.32 Å². The third-order valence-electron chi connectivity index (χ3n) is 3.67.